The Balaban J connectivity index is 1.60. The monoisotopic (exact) mass is 614 g/mol. The normalized spacial score (nSPS) is 23.3. The quantitative estimate of drug-likeness (QED) is 0.245. The van der Waals surface area contributed by atoms with Crippen molar-refractivity contribution in [3.63, 3.8) is 0 Å². The lowest BCUT2D eigenvalue weighted by Gasteiger charge is -2.49. The maximum Gasteiger partial charge on any atom is 0.261 e. The largest absolute Gasteiger partial charge is 0.406 e. The summed E-state index contributed by atoms with van der Waals surface area (Å²) in [6.45, 7) is 9.10. The van der Waals surface area contributed by atoms with Crippen LogP contribution in [0.15, 0.2) is 89.8 Å². The number of nitriles is 1. The standard InChI is InChI=1S/C36H46N2O3SSi/c1-29-20-22-32(23-21-29)42(39,40)38-31(24-26-36(38)25-12-11-14-30(36)15-13-27-37)28-41-43(35(2,3)4,33-16-7-5-8-17-33)34-18-9-6-10-19-34/h5-10,16-23,30-31H,11-15,24-26,28H2,1-4H3/t30-,31-,36-/m0/s1. The van der Waals surface area contributed by atoms with Gasteiger partial charge in [-0.05, 0) is 72.5 Å². The summed E-state index contributed by atoms with van der Waals surface area (Å²) >= 11 is 0. The number of benzene rings is 3. The van der Waals surface area contributed by atoms with E-state index in [4.69, 9.17) is 4.43 Å². The molecule has 0 unspecified atom stereocenters. The Hall–Kier alpha value is -2.76. The second kappa shape index (κ2) is 12.7. The minimum absolute atomic E-state index is 0.166. The van der Waals surface area contributed by atoms with Crippen LogP contribution >= 0.6 is 0 Å². The molecule has 2 fully saturated rings. The number of rotatable bonds is 9. The summed E-state index contributed by atoms with van der Waals surface area (Å²) in [5, 5.41) is 11.7. The van der Waals surface area contributed by atoms with Crippen molar-refractivity contribution >= 4 is 28.7 Å². The minimum atomic E-state index is -3.82. The predicted molar refractivity (Wildman–Crippen MR) is 176 cm³/mol. The molecule has 0 radical (unpaired) electrons. The lowest BCUT2D eigenvalue weighted by molar-refractivity contribution is 0.0619. The van der Waals surface area contributed by atoms with Gasteiger partial charge in [-0.25, -0.2) is 8.42 Å². The highest BCUT2D eigenvalue weighted by Crippen LogP contribution is 2.52. The maximum absolute atomic E-state index is 14.7. The van der Waals surface area contributed by atoms with Crippen LogP contribution in [0, 0.1) is 24.2 Å². The van der Waals surface area contributed by atoms with E-state index >= 15 is 0 Å². The van der Waals surface area contributed by atoms with Crippen molar-refractivity contribution in [2.24, 2.45) is 5.92 Å². The molecule has 3 aromatic rings. The van der Waals surface area contributed by atoms with Crippen LogP contribution in [0.2, 0.25) is 5.04 Å². The third-order valence-electron chi connectivity index (χ3n) is 9.94. The molecule has 5 nitrogen and oxygen atoms in total. The number of hydrogen-bond donors (Lipinski definition) is 0. The molecule has 3 atom stereocenters. The van der Waals surface area contributed by atoms with E-state index < -0.39 is 23.9 Å². The van der Waals surface area contributed by atoms with Gasteiger partial charge < -0.3 is 4.43 Å². The highest BCUT2D eigenvalue weighted by Gasteiger charge is 2.58. The first kappa shape index (κ1) is 31.7. The van der Waals surface area contributed by atoms with E-state index in [0.29, 0.717) is 17.9 Å². The van der Waals surface area contributed by atoms with E-state index in [1.165, 1.54) is 10.4 Å². The Labute approximate surface area is 260 Å². The molecule has 43 heavy (non-hydrogen) atoms. The molecule has 1 saturated carbocycles. The molecule has 0 amide bonds. The van der Waals surface area contributed by atoms with Crippen LogP contribution in [0.4, 0.5) is 0 Å². The van der Waals surface area contributed by atoms with Gasteiger partial charge in [-0.1, -0.05) is 112 Å². The van der Waals surface area contributed by atoms with Gasteiger partial charge in [0, 0.05) is 18.0 Å². The third kappa shape index (κ3) is 5.87. The Morgan fingerprint density at radius 1 is 0.907 bits per heavy atom. The van der Waals surface area contributed by atoms with E-state index in [9.17, 15) is 13.7 Å². The zero-order chi connectivity index (χ0) is 30.7. The van der Waals surface area contributed by atoms with E-state index in [0.717, 1.165) is 50.5 Å². The summed E-state index contributed by atoms with van der Waals surface area (Å²) in [6, 6.07) is 30.5. The zero-order valence-electron chi connectivity index (χ0n) is 26.1. The van der Waals surface area contributed by atoms with E-state index in [1.807, 2.05) is 35.5 Å². The van der Waals surface area contributed by atoms with Gasteiger partial charge in [0.1, 0.15) is 0 Å². The van der Waals surface area contributed by atoms with Crippen LogP contribution in [0.5, 0.6) is 0 Å². The topological polar surface area (TPSA) is 70.4 Å². The molecule has 0 N–H and O–H groups in total. The Kier molecular flexibility index (Phi) is 9.34. The molecule has 1 heterocycles. The Morgan fingerprint density at radius 2 is 1.51 bits per heavy atom. The van der Waals surface area contributed by atoms with Gasteiger partial charge in [-0.2, -0.15) is 9.57 Å². The lowest BCUT2D eigenvalue weighted by Crippen LogP contribution is -2.67. The highest BCUT2D eigenvalue weighted by molar-refractivity contribution is 7.89. The van der Waals surface area contributed by atoms with Crippen molar-refractivity contribution in [3.8, 4) is 6.07 Å². The van der Waals surface area contributed by atoms with Crippen molar-refractivity contribution in [1.82, 2.24) is 4.31 Å². The molecule has 5 rings (SSSR count). The van der Waals surface area contributed by atoms with Crippen LogP contribution in [0.1, 0.15) is 77.7 Å². The van der Waals surface area contributed by atoms with Crippen molar-refractivity contribution in [2.75, 3.05) is 6.61 Å². The number of sulfonamides is 1. The number of aryl methyl sites for hydroxylation is 1. The summed E-state index contributed by atoms with van der Waals surface area (Å²) in [7, 11) is -6.67. The SMILES string of the molecule is Cc1ccc(S(=O)(=O)N2[C@H](CO[Si](c3ccccc3)(c3ccccc3)C(C)(C)C)CC[C@]23CCCC[C@H]3CCC#N)cc1. The van der Waals surface area contributed by atoms with Gasteiger partial charge in [-0.3, -0.25) is 0 Å². The molecular weight excluding hydrogens is 569 g/mol. The smallest absolute Gasteiger partial charge is 0.261 e. The second-order valence-electron chi connectivity index (χ2n) is 13.5. The van der Waals surface area contributed by atoms with Crippen LogP contribution in [-0.2, 0) is 14.4 Å². The van der Waals surface area contributed by atoms with Crippen LogP contribution in [-0.4, -0.2) is 39.2 Å². The molecule has 1 saturated heterocycles. The summed E-state index contributed by atoms with van der Waals surface area (Å²) in [4.78, 5) is 0.347. The first-order chi connectivity index (χ1) is 20.6. The van der Waals surface area contributed by atoms with Crippen LogP contribution in [0.25, 0.3) is 0 Å². The lowest BCUT2D eigenvalue weighted by atomic mass is 9.70. The number of hydrogen-bond acceptors (Lipinski definition) is 4. The fourth-order valence-electron chi connectivity index (χ4n) is 7.97. The van der Waals surface area contributed by atoms with Gasteiger partial charge in [0.2, 0.25) is 10.0 Å². The van der Waals surface area contributed by atoms with Gasteiger partial charge >= 0.3 is 0 Å². The van der Waals surface area contributed by atoms with Crippen molar-refractivity contribution in [2.45, 2.75) is 101 Å². The molecule has 0 bridgehead atoms. The van der Waals surface area contributed by atoms with Gasteiger partial charge in [0.25, 0.3) is 8.32 Å². The highest BCUT2D eigenvalue weighted by atomic mass is 32.2. The van der Waals surface area contributed by atoms with E-state index in [2.05, 4.69) is 75.4 Å². The molecule has 3 aromatic carbocycles. The second-order valence-corrected chi connectivity index (χ2v) is 19.6. The van der Waals surface area contributed by atoms with Gasteiger partial charge in [0.15, 0.2) is 0 Å². The molecule has 0 aromatic heterocycles. The van der Waals surface area contributed by atoms with E-state index in [1.54, 1.807) is 12.1 Å². The Bertz CT molecular complexity index is 1480. The van der Waals surface area contributed by atoms with Gasteiger partial charge in [0.05, 0.1) is 17.6 Å². The molecule has 228 valence electrons. The summed E-state index contributed by atoms with van der Waals surface area (Å²) in [5.41, 5.74) is 0.546. The Morgan fingerprint density at radius 3 is 2.07 bits per heavy atom. The molecule has 1 aliphatic heterocycles. The maximum atomic E-state index is 14.7. The third-order valence-corrected chi connectivity index (χ3v) is 17.0. The summed E-state index contributed by atoms with van der Waals surface area (Å²) in [6.07, 6.45) is 6.64. The first-order valence-corrected chi connectivity index (χ1v) is 19.1. The fourth-order valence-corrected chi connectivity index (χ4v) is 14.6. The fraction of sp³-hybridized carbons (Fsp3) is 0.472. The first-order valence-electron chi connectivity index (χ1n) is 15.8. The molecule has 1 aliphatic carbocycles. The average molecular weight is 615 g/mol. The van der Waals surface area contributed by atoms with Crippen LogP contribution < -0.4 is 10.4 Å². The molecule has 1 spiro atoms. The minimum Gasteiger partial charge on any atom is -0.406 e. The van der Waals surface area contributed by atoms with E-state index in [-0.39, 0.29) is 17.0 Å². The number of nitrogens with zero attached hydrogens (tertiary/aromatic N) is 2. The van der Waals surface area contributed by atoms with Crippen molar-refractivity contribution in [3.05, 3.63) is 90.5 Å². The van der Waals surface area contributed by atoms with Crippen LogP contribution in [0.3, 0.4) is 0 Å². The average Bonchev–Trinajstić information content (AvgIpc) is 3.36. The predicted octanol–water partition coefficient (Wildman–Crippen LogP) is 6.96. The summed E-state index contributed by atoms with van der Waals surface area (Å²) in [5.74, 6) is 0.166. The molecule has 7 heteroatoms. The van der Waals surface area contributed by atoms with Crippen molar-refractivity contribution in [1.29, 1.82) is 5.26 Å². The molecule has 2 aliphatic rings. The zero-order valence-corrected chi connectivity index (χ0v) is 27.9. The van der Waals surface area contributed by atoms with Crippen molar-refractivity contribution < 1.29 is 12.8 Å². The summed E-state index contributed by atoms with van der Waals surface area (Å²) < 4.78 is 38.7. The van der Waals surface area contributed by atoms with Gasteiger partial charge in [-0.15, -0.1) is 0 Å². The molecular formula is C36H46N2O3SSi.